The van der Waals surface area contributed by atoms with E-state index in [0.29, 0.717) is 50.2 Å². The van der Waals surface area contributed by atoms with Gasteiger partial charge in [0.15, 0.2) is 22.7 Å². The smallest absolute Gasteiger partial charge is 0.311 e. The lowest BCUT2D eigenvalue weighted by atomic mass is 10.1. The van der Waals surface area contributed by atoms with E-state index in [1.54, 1.807) is 29.8 Å². The second-order valence-corrected chi connectivity index (χ2v) is 13.4. The lowest BCUT2D eigenvalue weighted by molar-refractivity contribution is 0.329. The van der Waals surface area contributed by atoms with Crippen molar-refractivity contribution in [3.8, 4) is 46.4 Å². The van der Waals surface area contributed by atoms with E-state index in [1.807, 2.05) is 44.4 Å². The number of nitrogens with zero attached hydrogens (tertiary/aromatic N) is 6. The molecule has 15 heteroatoms. The molecule has 8 rings (SSSR count). The Labute approximate surface area is 322 Å². The van der Waals surface area contributed by atoms with Crippen molar-refractivity contribution in [2.75, 3.05) is 14.2 Å². The van der Waals surface area contributed by atoms with Gasteiger partial charge in [0.1, 0.15) is 22.1 Å². The number of imidazole rings is 1. The first kappa shape index (κ1) is 37.4. The molecule has 0 atom stereocenters. The molecule has 56 heavy (non-hydrogen) atoms. The number of aromatic nitrogens is 6. The zero-order chi connectivity index (χ0) is 39.7. The lowest BCUT2D eigenvalue weighted by Crippen LogP contribution is -2.22. The molecule has 0 spiro atoms. The minimum Gasteiger partial charge on any atom is -0.493 e. The Kier molecular flexibility index (Phi) is 10.3. The maximum atomic E-state index is 13.4. The first-order chi connectivity index (χ1) is 27.0. The maximum absolute atomic E-state index is 13.4. The number of fused-ring (bicyclic) bond motifs is 2. The molecule has 0 radical (unpaired) electrons. The summed E-state index contributed by atoms with van der Waals surface area (Å²) >= 11 is 1.31. The van der Waals surface area contributed by atoms with E-state index >= 15 is 0 Å². The predicted molar refractivity (Wildman–Crippen MR) is 210 cm³/mol. The quantitative estimate of drug-likeness (QED) is 0.150. The average molecular weight is 777 g/mol. The van der Waals surface area contributed by atoms with Gasteiger partial charge in [-0.2, -0.15) is 9.97 Å². The van der Waals surface area contributed by atoms with Crippen LogP contribution in [-0.2, 0) is 7.05 Å². The van der Waals surface area contributed by atoms with Gasteiger partial charge in [0.05, 0.1) is 37.4 Å². The summed E-state index contributed by atoms with van der Waals surface area (Å²) in [7, 11) is 4.78. The number of rotatable bonds is 8. The van der Waals surface area contributed by atoms with Crippen LogP contribution in [0.1, 0.15) is 16.7 Å². The van der Waals surface area contributed by atoms with Crippen LogP contribution in [0.15, 0.2) is 106 Å². The molecule has 0 saturated carbocycles. The van der Waals surface area contributed by atoms with Crippen LogP contribution in [0.4, 0.5) is 8.78 Å². The van der Waals surface area contributed by atoms with Crippen molar-refractivity contribution in [3.05, 3.63) is 146 Å². The summed E-state index contributed by atoms with van der Waals surface area (Å²) in [5, 5.41) is 1.87. The fraction of sp³-hybridized carbons (Fsp3) is 0.146. The molecular weight excluding hydrogens is 743 g/mol. The Hall–Kier alpha value is -6.87. The SMILES string of the molecule is COc1cccc(Oc2nc3c(C)csc3c(=O)n2-c2ccc(F)cc2)c1OC.Cc1cccc(Oc2nc3c(ncn3C)c(=O)n2-c2ccc(F)cc2)c1C. The number of benzene rings is 4. The third-order valence-corrected chi connectivity index (χ3v) is 10.0. The monoisotopic (exact) mass is 776 g/mol. The first-order valence-corrected chi connectivity index (χ1v) is 18.0. The summed E-state index contributed by atoms with van der Waals surface area (Å²) in [4.78, 5) is 39.5. The van der Waals surface area contributed by atoms with Crippen LogP contribution in [-0.4, -0.2) is 42.9 Å². The number of thiophene rings is 1. The summed E-state index contributed by atoms with van der Waals surface area (Å²) < 4.78 is 54.3. The van der Waals surface area contributed by atoms with Gasteiger partial charge >= 0.3 is 12.0 Å². The fourth-order valence-corrected chi connectivity index (χ4v) is 6.76. The molecule has 0 aliphatic heterocycles. The number of aryl methyl sites for hydroxylation is 3. The van der Waals surface area contributed by atoms with Crippen molar-refractivity contribution in [1.29, 1.82) is 0 Å². The van der Waals surface area contributed by atoms with Gasteiger partial charge in [-0.3, -0.25) is 9.59 Å². The van der Waals surface area contributed by atoms with E-state index in [9.17, 15) is 18.4 Å². The number of hydrogen-bond acceptors (Lipinski definition) is 10. The van der Waals surface area contributed by atoms with Crippen LogP contribution in [0, 0.1) is 32.4 Å². The summed E-state index contributed by atoms with van der Waals surface area (Å²) in [6.07, 6.45) is 1.52. The molecule has 0 unspecified atom stereocenters. The minimum absolute atomic E-state index is 0.0437. The van der Waals surface area contributed by atoms with Gasteiger partial charge in [0, 0.05) is 7.05 Å². The summed E-state index contributed by atoms with van der Waals surface area (Å²) in [6, 6.07) is 22.1. The number of ether oxygens (including phenoxy) is 4. The molecular formula is C41H34F2N6O6S. The van der Waals surface area contributed by atoms with E-state index in [1.165, 1.54) is 89.5 Å². The molecule has 284 valence electrons. The van der Waals surface area contributed by atoms with E-state index in [2.05, 4.69) is 15.0 Å². The highest BCUT2D eigenvalue weighted by Crippen LogP contribution is 2.39. The summed E-state index contributed by atoms with van der Waals surface area (Å²) in [6.45, 7) is 5.80. The van der Waals surface area contributed by atoms with Crippen molar-refractivity contribution < 1.29 is 27.7 Å². The minimum atomic E-state index is -0.403. The number of hydrogen-bond donors (Lipinski definition) is 0. The molecule has 0 aliphatic carbocycles. The molecule has 4 heterocycles. The van der Waals surface area contributed by atoms with Gasteiger partial charge in [0.25, 0.3) is 11.1 Å². The van der Waals surface area contributed by atoms with Crippen molar-refractivity contribution in [2.45, 2.75) is 20.8 Å². The number of methoxy groups -OCH3 is 2. The number of para-hydroxylation sites is 1. The van der Waals surface area contributed by atoms with Crippen LogP contribution in [0.25, 0.3) is 32.8 Å². The zero-order valence-electron chi connectivity index (χ0n) is 31.0. The second kappa shape index (κ2) is 15.5. The second-order valence-electron chi connectivity index (χ2n) is 12.5. The van der Waals surface area contributed by atoms with Crippen LogP contribution < -0.4 is 30.1 Å². The van der Waals surface area contributed by atoms with Gasteiger partial charge in [-0.1, -0.05) is 18.2 Å². The third kappa shape index (κ3) is 7.07. The maximum Gasteiger partial charge on any atom is 0.311 e. The van der Waals surface area contributed by atoms with Gasteiger partial charge in [-0.15, -0.1) is 11.3 Å². The molecule has 0 amide bonds. The van der Waals surface area contributed by atoms with Gasteiger partial charge in [-0.05, 0) is 110 Å². The largest absolute Gasteiger partial charge is 0.493 e. The highest BCUT2D eigenvalue weighted by molar-refractivity contribution is 7.17. The van der Waals surface area contributed by atoms with Crippen LogP contribution >= 0.6 is 11.3 Å². The van der Waals surface area contributed by atoms with Crippen molar-refractivity contribution in [1.82, 2.24) is 28.7 Å². The molecule has 12 nitrogen and oxygen atoms in total. The molecule has 0 bridgehead atoms. The Morgan fingerprint density at radius 1 is 0.643 bits per heavy atom. The Bertz CT molecular complexity index is 2850. The highest BCUT2D eigenvalue weighted by atomic mass is 32.1. The van der Waals surface area contributed by atoms with Gasteiger partial charge in [0.2, 0.25) is 5.75 Å². The first-order valence-electron chi connectivity index (χ1n) is 17.1. The molecule has 0 saturated heterocycles. The average Bonchev–Trinajstić information content (AvgIpc) is 3.76. The Balaban J connectivity index is 0.000000172. The lowest BCUT2D eigenvalue weighted by Gasteiger charge is -2.16. The molecule has 0 aliphatic rings. The van der Waals surface area contributed by atoms with Gasteiger partial charge < -0.3 is 23.5 Å². The van der Waals surface area contributed by atoms with Crippen LogP contribution in [0.5, 0.6) is 35.0 Å². The summed E-state index contributed by atoms with van der Waals surface area (Å²) in [5.41, 5.74) is 4.28. The standard InChI is InChI=1S/C21H17FN2O4S.C20H17FN4O2/c1-12-11-29-19-17(12)23-21(24(20(19)25)14-9-7-13(22)8-10-14)28-16-6-4-5-15(26-2)18(16)27-3;1-12-5-4-6-16(13(12)2)27-20-23-18-17(22-11-24(18)3)19(26)25(20)15-9-7-14(21)8-10-15/h4-11H,1-3H3;4-11H,1-3H3. The van der Waals surface area contributed by atoms with Crippen molar-refractivity contribution in [3.63, 3.8) is 0 Å². The molecule has 4 aromatic heterocycles. The van der Waals surface area contributed by atoms with Crippen LogP contribution in [0.3, 0.4) is 0 Å². The van der Waals surface area contributed by atoms with E-state index in [-0.39, 0.29) is 28.7 Å². The van der Waals surface area contributed by atoms with Gasteiger partial charge in [-0.25, -0.2) is 22.9 Å². The normalized spacial score (nSPS) is 11.0. The van der Waals surface area contributed by atoms with Crippen molar-refractivity contribution in [2.24, 2.45) is 7.05 Å². The van der Waals surface area contributed by atoms with Crippen LogP contribution in [0.2, 0.25) is 0 Å². The van der Waals surface area contributed by atoms with E-state index in [0.717, 1.165) is 16.7 Å². The Morgan fingerprint density at radius 3 is 1.86 bits per heavy atom. The molecule has 8 aromatic rings. The van der Waals surface area contributed by atoms with Crippen molar-refractivity contribution >= 4 is 32.7 Å². The van der Waals surface area contributed by atoms with E-state index in [4.69, 9.17) is 18.9 Å². The molecule has 0 fully saturated rings. The topological polar surface area (TPSA) is 125 Å². The predicted octanol–water partition coefficient (Wildman–Crippen LogP) is 8.37. The Morgan fingerprint density at radius 2 is 1.21 bits per heavy atom. The zero-order valence-corrected chi connectivity index (χ0v) is 31.9. The molecule has 0 N–H and O–H groups in total. The van der Waals surface area contributed by atoms with E-state index < -0.39 is 11.6 Å². The highest BCUT2D eigenvalue weighted by Gasteiger charge is 2.21. The number of halogens is 2. The molecule has 4 aromatic carbocycles. The summed E-state index contributed by atoms with van der Waals surface area (Å²) in [5.74, 6) is 0.988. The fourth-order valence-electron chi connectivity index (χ4n) is 5.84. The third-order valence-electron chi connectivity index (χ3n) is 8.94.